The minimum Gasteiger partial charge on any atom is -0.493 e. The fourth-order valence-electron chi connectivity index (χ4n) is 2.40. The second-order valence-corrected chi connectivity index (χ2v) is 4.83. The van der Waals surface area contributed by atoms with Gasteiger partial charge >= 0.3 is 0 Å². The van der Waals surface area contributed by atoms with Crippen LogP contribution in [0.5, 0.6) is 17.2 Å². The van der Waals surface area contributed by atoms with E-state index in [1.54, 1.807) is 28.4 Å². The van der Waals surface area contributed by atoms with Crippen molar-refractivity contribution < 1.29 is 18.9 Å². The lowest BCUT2D eigenvalue weighted by molar-refractivity contribution is 0.169. The summed E-state index contributed by atoms with van der Waals surface area (Å²) in [6.07, 6.45) is 0.878. The number of ether oxygens (including phenoxy) is 4. The number of hydrogen-bond donors (Lipinski definition) is 2. The van der Waals surface area contributed by atoms with Gasteiger partial charge in [-0.1, -0.05) is 6.92 Å². The molecule has 1 aromatic carbocycles. The van der Waals surface area contributed by atoms with Crippen LogP contribution in [0, 0.1) is 5.92 Å². The third-order valence-electron chi connectivity index (χ3n) is 3.60. The number of benzene rings is 1. The van der Waals surface area contributed by atoms with Gasteiger partial charge in [0.25, 0.3) is 0 Å². The SMILES string of the molecule is COCCC(C)C(NN)c1ccc(OC)c(OC)c1OC. The van der Waals surface area contributed by atoms with E-state index in [-0.39, 0.29) is 12.0 Å². The number of nitrogens with two attached hydrogens (primary N) is 1. The summed E-state index contributed by atoms with van der Waals surface area (Å²) in [6.45, 7) is 2.79. The molecule has 0 saturated carbocycles. The van der Waals surface area contributed by atoms with Gasteiger partial charge in [-0.15, -0.1) is 0 Å². The first-order valence-electron chi connectivity index (χ1n) is 6.88. The zero-order chi connectivity index (χ0) is 15.8. The van der Waals surface area contributed by atoms with E-state index in [2.05, 4.69) is 12.3 Å². The van der Waals surface area contributed by atoms with Crippen LogP contribution in [0.4, 0.5) is 0 Å². The number of hydrazine groups is 1. The van der Waals surface area contributed by atoms with Gasteiger partial charge in [0.1, 0.15) is 0 Å². The molecule has 1 aromatic rings. The van der Waals surface area contributed by atoms with Crippen LogP contribution in [0.1, 0.15) is 24.9 Å². The van der Waals surface area contributed by atoms with Gasteiger partial charge in [0, 0.05) is 19.3 Å². The average molecular weight is 298 g/mol. The van der Waals surface area contributed by atoms with Crippen LogP contribution < -0.4 is 25.5 Å². The molecule has 0 fully saturated rings. The van der Waals surface area contributed by atoms with Crippen LogP contribution in [-0.2, 0) is 4.74 Å². The minimum atomic E-state index is -0.0742. The first-order chi connectivity index (χ1) is 10.1. The molecule has 2 atom stereocenters. The summed E-state index contributed by atoms with van der Waals surface area (Å²) in [6, 6.07) is 3.72. The van der Waals surface area contributed by atoms with Gasteiger partial charge in [0.05, 0.1) is 27.4 Å². The molecule has 6 nitrogen and oxygen atoms in total. The molecule has 0 heterocycles. The molecule has 0 aliphatic rings. The summed E-state index contributed by atoms with van der Waals surface area (Å²) >= 11 is 0. The van der Waals surface area contributed by atoms with E-state index in [4.69, 9.17) is 24.8 Å². The van der Waals surface area contributed by atoms with Crippen molar-refractivity contribution >= 4 is 0 Å². The number of hydrogen-bond acceptors (Lipinski definition) is 6. The van der Waals surface area contributed by atoms with E-state index in [1.807, 2.05) is 12.1 Å². The minimum absolute atomic E-state index is 0.0742. The molecule has 6 heteroatoms. The maximum atomic E-state index is 5.74. The van der Waals surface area contributed by atoms with Crippen molar-refractivity contribution in [2.24, 2.45) is 11.8 Å². The van der Waals surface area contributed by atoms with E-state index in [1.165, 1.54) is 0 Å². The fourth-order valence-corrected chi connectivity index (χ4v) is 2.40. The molecular weight excluding hydrogens is 272 g/mol. The van der Waals surface area contributed by atoms with Crippen molar-refractivity contribution in [2.45, 2.75) is 19.4 Å². The Morgan fingerprint density at radius 3 is 2.19 bits per heavy atom. The molecule has 0 saturated heterocycles. The lowest BCUT2D eigenvalue weighted by Gasteiger charge is -2.26. The van der Waals surface area contributed by atoms with E-state index in [0.29, 0.717) is 23.9 Å². The Kier molecular flexibility index (Phi) is 7.28. The fraction of sp³-hybridized carbons (Fsp3) is 0.600. The zero-order valence-corrected chi connectivity index (χ0v) is 13.4. The Hall–Kier alpha value is -1.50. The van der Waals surface area contributed by atoms with Crippen molar-refractivity contribution in [2.75, 3.05) is 35.0 Å². The molecule has 0 bridgehead atoms. The smallest absolute Gasteiger partial charge is 0.203 e. The van der Waals surface area contributed by atoms with E-state index >= 15 is 0 Å². The van der Waals surface area contributed by atoms with Crippen molar-refractivity contribution in [1.82, 2.24) is 5.43 Å². The van der Waals surface area contributed by atoms with Gasteiger partial charge in [-0.2, -0.15) is 0 Å². The molecule has 0 aliphatic carbocycles. The molecule has 0 radical (unpaired) electrons. The Balaban J connectivity index is 3.20. The molecule has 0 amide bonds. The summed E-state index contributed by atoms with van der Waals surface area (Å²) < 4.78 is 21.4. The van der Waals surface area contributed by atoms with Crippen LogP contribution in [0.25, 0.3) is 0 Å². The van der Waals surface area contributed by atoms with Crippen molar-refractivity contribution in [3.8, 4) is 17.2 Å². The summed E-state index contributed by atoms with van der Waals surface area (Å²) in [4.78, 5) is 0. The summed E-state index contributed by atoms with van der Waals surface area (Å²) in [7, 11) is 6.48. The Bertz CT molecular complexity index is 440. The van der Waals surface area contributed by atoms with E-state index < -0.39 is 0 Å². The van der Waals surface area contributed by atoms with Crippen LogP contribution in [-0.4, -0.2) is 35.0 Å². The highest BCUT2D eigenvalue weighted by Crippen LogP contribution is 2.43. The maximum absolute atomic E-state index is 5.74. The molecule has 1 rings (SSSR count). The lowest BCUT2D eigenvalue weighted by Crippen LogP contribution is -2.33. The number of nitrogens with one attached hydrogen (secondary N) is 1. The Morgan fingerprint density at radius 1 is 1.05 bits per heavy atom. The lowest BCUT2D eigenvalue weighted by atomic mass is 9.91. The van der Waals surface area contributed by atoms with Crippen LogP contribution in [0.2, 0.25) is 0 Å². The van der Waals surface area contributed by atoms with Gasteiger partial charge in [0.2, 0.25) is 5.75 Å². The molecule has 21 heavy (non-hydrogen) atoms. The van der Waals surface area contributed by atoms with E-state index in [9.17, 15) is 0 Å². The van der Waals surface area contributed by atoms with Gasteiger partial charge in [0.15, 0.2) is 11.5 Å². The van der Waals surface area contributed by atoms with Crippen LogP contribution in [0.3, 0.4) is 0 Å². The molecule has 0 aliphatic heterocycles. The average Bonchev–Trinajstić information content (AvgIpc) is 2.52. The second kappa shape index (κ2) is 8.71. The standard InChI is InChI=1S/C15H26N2O4/c1-10(8-9-18-2)13(17-16)11-6-7-12(19-3)15(21-5)14(11)20-4/h6-7,10,13,17H,8-9,16H2,1-5H3. The normalized spacial score (nSPS) is 13.6. The highest BCUT2D eigenvalue weighted by molar-refractivity contribution is 5.56. The van der Waals surface area contributed by atoms with Gasteiger partial charge in [-0.3, -0.25) is 11.3 Å². The maximum Gasteiger partial charge on any atom is 0.203 e. The second-order valence-electron chi connectivity index (χ2n) is 4.83. The van der Waals surface area contributed by atoms with Gasteiger partial charge in [-0.05, 0) is 24.5 Å². The molecule has 0 aromatic heterocycles. The summed E-state index contributed by atoms with van der Waals surface area (Å²) in [5.41, 5.74) is 3.79. The van der Waals surface area contributed by atoms with Crippen LogP contribution >= 0.6 is 0 Å². The Morgan fingerprint density at radius 2 is 1.71 bits per heavy atom. The highest BCUT2D eigenvalue weighted by atomic mass is 16.5. The highest BCUT2D eigenvalue weighted by Gasteiger charge is 2.25. The molecule has 2 unspecified atom stereocenters. The topological polar surface area (TPSA) is 75.0 Å². The predicted octanol–water partition coefficient (Wildman–Crippen LogP) is 1.89. The molecule has 0 spiro atoms. The van der Waals surface area contributed by atoms with Crippen molar-refractivity contribution in [3.05, 3.63) is 17.7 Å². The molecule has 120 valence electrons. The summed E-state index contributed by atoms with van der Waals surface area (Å²) in [5.74, 6) is 7.83. The molecule has 3 N–H and O–H groups in total. The monoisotopic (exact) mass is 298 g/mol. The quantitative estimate of drug-likeness (QED) is 0.535. The van der Waals surface area contributed by atoms with Gasteiger partial charge < -0.3 is 18.9 Å². The van der Waals surface area contributed by atoms with Gasteiger partial charge in [-0.25, -0.2) is 0 Å². The zero-order valence-electron chi connectivity index (χ0n) is 13.4. The predicted molar refractivity (Wildman–Crippen MR) is 81.8 cm³/mol. The number of rotatable bonds is 9. The van der Waals surface area contributed by atoms with Crippen molar-refractivity contribution in [3.63, 3.8) is 0 Å². The number of methoxy groups -OCH3 is 4. The van der Waals surface area contributed by atoms with E-state index in [0.717, 1.165) is 12.0 Å². The summed E-state index contributed by atoms with van der Waals surface area (Å²) in [5, 5.41) is 0. The first-order valence-corrected chi connectivity index (χ1v) is 6.88. The molecular formula is C15H26N2O4. The third kappa shape index (κ3) is 4.00. The third-order valence-corrected chi connectivity index (χ3v) is 3.60. The van der Waals surface area contributed by atoms with Crippen molar-refractivity contribution in [1.29, 1.82) is 0 Å². The largest absolute Gasteiger partial charge is 0.493 e. The van der Waals surface area contributed by atoms with Crippen LogP contribution in [0.15, 0.2) is 12.1 Å². The Labute approximate surface area is 126 Å². The first kappa shape index (κ1) is 17.6.